The van der Waals surface area contributed by atoms with Crippen molar-refractivity contribution >= 4 is 83.0 Å². The number of nitrogens with zero attached hydrogens (tertiary/aromatic N) is 12. The maximum absolute atomic E-state index is 5.92. The fourth-order valence-electron chi connectivity index (χ4n) is 9.52. The molecule has 0 bridgehead atoms. The third-order valence-corrected chi connectivity index (χ3v) is 14.3. The van der Waals surface area contributed by atoms with E-state index in [4.69, 9.17) is 53.8 Å². The number of ether oxygens (including phenoxy) is 1. The molecule has 464 valence electrons. The van der Waals surface area contributed by atoms with Crippen LogP contribution in [-0.2, 0) is 38.7 Å². The molecule has 0 radical (unpaired) electrons. The number of hydrogen-bond donors (Lipinski definition) is 8. The zero-order chi connectivity index (χ0) is 63.5. The number of fused-ring (bicyclic) bond motifs is 2. The van der Waals surface area contributed by atoms with Crippen LogP contribution >= 0.6 is 11.6 Å². The number of nitrogens with two attached hydrogens (primary N) is 4. The predicted molar refractivity (Wildman–Crippen MR) is 355 cm³/mol. The number of oxime groups is 4. The molecule has 11 rings (SSSR count). The quantitative estimate of drug-likeness (QED) is 0.0259. The van der Waals surface area contributed by atoms with Gasteiger partial charge in [0.1, 0.15) is 112 Å². The Bertz CT molecular complexity index is 3850. The molecular weight excluding hydrogens is 1160 g/mol. The molecule has 4 heterocycles. The topological polar surface area (TPSA) is 351 Å². The average molecular weight is 1240 g/mol. The van der Waals surface area contributed by atoms with Gasteiger partial charge in [0, 0.05) is 17.6 Å². The van der Waals surface area contributed by atoms with Gasteiger partial charge in [0.05, 0.1) is 59.2 Å². The number of nitrogen functional groups attached to an aromatic ring is 4. The number of anilines is 8. The molecule has 4 aromatic heterocycles. The van der Waals surface area contributed by atoms with E-state index in [1.54, 1.807) is 0 Å². The molecule has 3 atom stereocenters. The summed E-state index contributed by atoms with van der Waals surface area (Å²) in [5.41, 5.74) is 33.5. The van der Waals surface area contributed by atoms with Crippen LogP contribution in [0.5, 0.6) is 11.5 Å². The highest BCUT2D eigenvalue weighted by atomic mass is 35.5. The zero-order valence-corrected chi connectivity index (χ0v) is 51.1. The van der Waals surface area contributed by atoms with Crippen LogP contribution < -0.4 is 48.9 Å². The average Bonchev–Trinajstić information content (AvgIpc) is 1.88. The zero-order valence-electron chi connectivity index (χ0n) is 50.3. The molecule has 25 nitrogen and oxygen atoms in total. The van der Waals surface area contributed by atoms with Crippen molar-refractivity contribution in [3.8, 4) is 11.5 Å². The van der Waals surface area contributed by atoms with E-state index in [0.717, 1.165) is 54.7 Å². The van der Waals surface area contributed by atoms with Crippen LogP contribution in [0.3, 0.4) is 0 Å². The number of benzene rings is 5. The van der Waals surface area contributed by atoms with E-state index in [0.29, 0.717) is 80.4 Å². The van der Waals surface area contributed by atoms with Crippen LogP contribution in [0.25, 0.3) is 0 Å². The van der Waals surface area contributed by atoms with Gasteiger partial charge >= 0.3 is 0 Å². The lowest BCUT2D eigenvalue weighted by atomic mass is 9.87. The number of halogens is 1. The van der Waals surface area contributed by atoms with Crippen LogP contribution in [0.15, 0.2) is 173 Å². The first-order valence-corrected chi connectivity index (χ1v) is 28.8. The first kappa shape index (κ1) is 64.8. The molecule has 0 spiro atoms. The second kappa shape index (κ2) is 33.6. The summed E-state index contributed by atoms with van der Waals surface area (Å²) in [6, 6.07) is 42.5. The minimum absolute atomic E-state index is 0.0197. The Balaban J connectivity index is 0.000000155. The van der Waals surface area contributed by atoms with Gasteiger partial charge in [-0.3, -0.25) is 0 Å². The minimum atomic E-state index is 0.0197. The summed E-state index contributed by atoms with van der Waals surface area (Å²) in [6.45, 7) is 2.58. The second-order valence-electron chi connectivity index (χ2n) is 19.8. The van der Waals surface area contributed by atoms with Crippen molar-refractivity contribution < 1.29 is 24.1 Å². The van der Waals surface area contributed by atoms with E-state index in [1.807, 2.05) is 85.8 Å². The monoisotopic (exact) mass is 1230 g/mol. The number of aryl methyl sites for hydroxylation is 2. The van der Waals surface area contributed by atoms with Crippen LogP contribution in [0.2, 0.25) is 5.02 Å². The van der Waals surface area contributed by atoms with Crippen LogP contribution in [-0.4, -0.2) is 93.2 Å². The Morgan fingerprint density at radius 3 is 1.42 bits per heavy atom. The summed E-state index contributed by atoms with van der Waals surface area (Å²) >= 11 is 5.89. The Kier molecular flexibility index (Phi) is 24.2. The van der Waals surface area contributed by atoms with Crippen LogP contribution in [0.1, 0.15) is 99.9 Å². The lowest BCUT2D eigenvalue weighted by Gasteiger charge is -2.27. The van der Waals surface area contributed by atoms with Gasteiger partial charge in [-0.25, -0.2) is 39.9 Å². The molecule has 9 aromatic rings. The molecule has 5 aromatic carbocycles. The van der Waals surface area contributed by atoms with E-state index in [9.17, 15) is 0 Å². The molecule has 2 unspecified atom stereocenters. The third-order valence-electron chi connectivity index (χ3n) is 14.0. The molecule has 0 fully saturated rings. The van der Waals surface area contributed by atoms with Gasteiger partial charge < -0.3 is 68.3 Å². The molecule has 0 amide bonds. The van der Waals surface area contributed by atoms with E-state index in [1.165, 1.54) is 101 Å². The van der Waals surface area contributed by atoms with Crippen LogP contribution in [0.4, 0.5) is 46.5 Å². The number of aromatic nitrogens is 8. The fraction of sp³-hybridized carbons (Fsp3) is 0.219. The largest absolute Gasteiger partial charge is 0.457 e. The van der Waals surface area contributed by atoms with Crippen molar-refractivity contribution in [2.24, 2.45) is 20.6 Å². The summed E-state index contributed by atoms with van der Waals surface area (Å²) in [4.78, 5) is 51.7. The number of hydrogen-bond acceptors (Lipinski definition) is 25. The van der Waals surface area contributed by atoms with Crippen molar-refractivity contribution in [2.45, 2.75) is 63.7 Å². The molecule has 26 heteroatoms. The molecule has 2 aliphatic carbocycles. The number of nitrogens with one attached hydrogen (secondary N) is 4. The SMILES string of the molecule is CO/N=C/c1c(N)ncnc1NC(C)c1ccc(Cl)cc1.CO/N=C/c1c(N)ncnc1NC1CCCc2ccccc21.CO/N=C/c1c(N)ncnc1NCc1ccc(Oc2ccccc2)cc1.CO/N=C/c1c(N)ncnc1N[C@@H]1CCc2ccccc21. The summed E-state index contributed by atoms with van der Waals surface area (Å²) in [6.07, 6.45) is 17.1. The van der Waals surface area contributed by atoms with Gasteiger partial charge in [-0.1, -0.05) is 123 Å². The van der Waals surface area contributed by atoms with Crippen molar-refractivity contribution in [1.82, 2.24) is 39.9 Å². The molecule has 12 N–H and O–H groups in total. The van der Waals surface area contributed by atoms with Crippen molar-refractivity contribution in [2.75, 3.05) is 72.6 Å². The number of para-hydroxylation sites is 1. The molecular formula is C64H71ClN20O5. The van der Waals surface area contributed by atoms with Crippen LogP contribution in [0, 0.1) is 0 Å². The Morgan fingerprint density at radius 1 is 0.489 bits per heavy atom. The van der Waals surface area contributed by atoms with Gasteiger partial charge in [-0.05, 0) is 109 Å². The lowest BCUT2D eigenvalue weighted by Crippen LogP contribution is -2.19. The first-order valence-electron chi connectivity index (χ1n) is 28.4. The minimum Gasteiger partial charge on any atom is -0.457 e. The summed E-state index contributed by atoms with van der Waals surface area (Å²) in [7, 11) is 5.89. The maximum atomic E-state index is 5.92. The van der Waals surface area contributed by atoms with Gasteiger partial charge in [0.15, 0.2) is 0 Å². The highest BCUT2D eigenvalue weighted by Gasteiger charge is 2.24. The van der Waals surface area contributed by atoms with E-state index in [2.05, 4.69) is 135 Å². The lowest BCUT2D eigenvalue weighted by molar-refractivity contribution is 0.215. The van der Waals surface area contributed by atoms with Crippen molar-refractivity contribution in [3.63, 3.8) is 0 Å². The second-order valence-corrected chi connectivity index (χ2v) is 20.2. The van der Waals surface area contributed by atoms with Crippen molar-refractivity contribution in [3.05, 3.63) is 213 Å². The van der Waals surface area contributed by atoms with Crippen molar-refractivity contribution in [1.29, 1.82) is 0 Å². The fourth-order valence-corrected chi connectivity index (χ4v) is 9.65. The maximum Gasteiger partial charge on any atom is 0.141 e. The Labute approximate surface area is 526 Å². The standard InChI is InChI=1S/C19H19N5O2.C16H19N5O.C15H17N5O.C14H16ClN5O/c1-25-24-12-17-18(20)22-13-23-19(17)21-11-14-7-9-16(10-8-14)26-15-5-3-2-4-6-15;1-22-20-9-13-15(17)18-10-19-16(13)21-14-8-4-6-11-5-2-3-7-12(11)14;1-21-19-8-12-14(16)17-9-18-15(12)20-13-7-6-10-4-2-3-5-11(10)13;1-9(10-3-5-11(15)6-4-10)20-14-12(7-19-21-2)13(16)17-8-18-14/h2-10,12-13H,11H2,1H3,(H3,20,21,22,23);2-3,5,7,9-10,14H,4,6,8H2,1H3,(H3,17,18,19,21);2-5,8-9,13H,6-7H2,1H3,(H3,16,17,18,20);3-9H,1-2H3,(H3,16,17,18,20)/b24-12+;20-9+;19-8+;19-7+/t;;13-;/m..1./s1. The molecule has 0 saturated heterocycles. The summed E-state index contributed by atoms with van der Waals surface area (Å²) < 4.78 is 5.79. The van der Waals surface area contributed by atoms with Gasteiger partial charge in [-0.15, -0.1) is 0 Å². The predicted octanol–water partition coefficient (Wildman–Crippen LogP) is 11.0. The third kappa shape index (κ3) is 18.4. The van der Waals surface area contributed by atoms with Gasteiger partial charge in [0.2, 0.25) is 0 Å². The van der Waals surface area contributed by atoms with Gasteiger partial charge in [-0.2, -0.15) is 0 Å². The van der Waals surface area contributed by atoms with E-state index >= 15 is 0 Å². The van der Waals surface area contributed by atoms with Gasteiger partial charge in [0.25, 0.3) is 0 Å². The van der Waals surface area contributed by atoms with E-state index in [-0.39, 0.29) is 18.1 Å². The molecule has 2 aliphatic rings. The highest BCUT2D eigenvalue weighted by molar-refractivity contribution is 6.30. The summed E-state index contributed by atoms with van der Waals surface area (Å²) in [5.74, 6) is 5.51. The molecule has 90 heavy (non-hydrogen) atoms. The smallest absolute Gasteiger partial charge is 0.141 e. The molecule has 0 saturated carbocycles. The number of rotatable bonds is 20. The Morgan fingerprint density at radius 2 is 0.911 bits per heavy atom. The normalized spacial score (nSPS) is 14.1. The van der Waals surface area contributed by atoms with E-state index < -0.39 is 0 Å². The first-order chi connectivity index (χ1) is 44.0. The Hall–Kier alpha value is -11.2. The molecule has 0 aliphatic heterocycles. The summed E-state index contributed by atoms with van der Waals surface area (Å²) in [5, 5.41) is 29.1. The highest BCUT2D eigenvalue weighted by Crippen LogP contribution is 2.35.